The number of pyridine rings is 1. The highest BCUT2D eigenvalue weighted by Gasteiger charge is 2.50. The Kier molecular flexibility index (Phi) is 5.02. The highest BCUT2D eigenvalue weighted by atomic mass is 16.5. The number of aliphatic hydroxyl groups is 1. The van der Waals surface area contributed by atoms with Crippen LogP contribution < -0.4 is 4.74 Å². The lowest BCUT2D eigenvalue weighted by Gasteiger charge is -2.49. The molecule has 1 aromatic carbocycles. The molecule has 5 rings (SSSR count). The summed E-state index contributed by atoms with van der Waals surface area (Å²) in [4.78, 5) is 4.31. The van der Waals surface area contributed by atoms with Crippen molar-refractivity contribution >= 4 is 10.9 Å². The van der Waals surface area contributed by atoms with Gasteiger partial charge in [0.25, 0.3) is 0 Å². The van der Waals surface area contributed by atoms with Crippen LogP contribution in [0.5, 0.6) is 5.75 Å². The fraction of sp³-hybridized carbons (Fsp3) is 0.520. The molecule has 1 fully saturated rings. The minimum atomic E-state index is -0.739. The molecule has 1 saturated carbocycles. The van der Waals surface area contributed by atoms with Crippen LogP contribution in [0, 0.1) is 12.8 Å². The van der Waals surface area contributed by atoms with E-state index in [-0.39, 0.29) is 5.41 Å². The summed E-state index contributed by atoms with van der Waals surface area (Å²) < 4.78 is 13.6. The van der Waals surface area contributed by atoms with E-state index in [0.717, 1.165) is 60.1 Å². The fourth-order valence-electron chi connectivity index (χ4n) is 5.95. The molecule has 3 heterocycles. The largest absolute Gasteiger partial charge is 0.493 e. The third kappa shape index (κ3) is 3.33. The Morgan fingerprint density at radius 2 is 2.16 bits per heavy atom. The second-order valence-electron chi connectivity index (χ2n) is 9.32. The van der Waals surface area contributed by atoms with Crippen LogP contribution >= 0.6 is 0 Å². The van der Waals surface area contributed by atoms with E-state index in [2.05, 4.69) is 29.1 Å². The smallest absolute Gasteiger partial charge is 0.125 e. The maximum atomic E-state index is 11.1. The molecule has 3 aromatic rings. The zero-order valence-corrected chi connectivity index (χ0v) is 18.6. The summed E-state index contributed by atoms with van der Waals surface area (Å²) in [6.45, 7) is 5.32. The van der Waals surface area contributed by atoms with Gasteiger partial charge >= 0.3 is 0 Å². The molecule has 164 valence electrons. The van der Waals surface area contributed by atoms with Crippen LogP contribution in [0.25, 0.3) is 16.6 Å². The van der Waals surface area contributed by atoms with Gasteiger partial charge in [-0.1, -0.05) is 6.92 Å². The maximum Gasteiger partial charge on any atom is 0.125 e. The Labute approximate surface area is 183 Å². The fourth-order valence-corrected chi connectivity index (χ4v) is 5.95. The van der Waals surface area contributed by atoms with E-state index < -0.39 is 5.60 Å². The van der Waals surface area contributed by atoms with E-state index >= 15 is 0 Å². The van der Waals surface area contributed by atoms with Crippen molar-refractivity contribution < 1.29 is 14.6 Å². The molecule has 0 bridgehead atoms. The molecule has 0 radical (unpaired) electrons. The standard InChI is InChI=1S/C25H31N3O3/c1-4-25-8-7-24(29,16-30-3)14-19(25)6-10-31-23-13-22-18(12-21(23)25)15-27-28(22)20-5-9-26-17(2)11-20/h5,9,11-13,15,19,29H,4,6-8,10,14,16H2,1-3H3/t19-,24+,25+/m1/s1. The predicted octanol–water partition coefficient (Wildman–Crippen LogP) is 4.34. The average Bonchev–Trinajstić information content (AvgIpc) is 3.10. The lowest BCUT2D eigenvalue weighted by Crippen LogP contribution is -2.49. The number of hydrogen-bond acceptors (Lipinski definition) is 5. The molecule has 1 aliphatic carbocycles. The summed E-state index contributed by atoms with van der Waals surface area (Å²) >= 11 is 0. The highest BCUT2D eigenvalue weighted by Crippen LogP contribution is 2.54. The summed E-state index contributed by atoms with van der Waals surface area (Å²) in [5.74, 6) is 1.32. The zero-order valence-electron chi connectivity index (χ0n) is 18.6. The van der Waals surface area contributed by atoms with Crippen LogP contribution in [-0.4, -0.2) is 45.8 Å². The van der Waals surface area contributed by atoms with E-state index in [1.807, 2.05) is 36.1 Å². The van der Waals surface area contributed by atoms with Crippen molar-refractivity contribution in [3.05, 3.63) is 47.9 Å². The summed E-state index contributed by atoms with van der Waals surface area (Å²) in [5, 5.41) is 16.9. The van der Waals surface area contributed by atoms with E-state index in [1.54, 1.807) is 7.11 Å². The van der Waals surface area contributed by atoms with Crippen molar-refractivity contribution in [1.29, 1.82) is 0 Å². The van der Waals surface area contributed by atoms with Gasteiger partial charge in [-0.2, -0.15) is 5.10 Å². The summed E-state index contributed by atoms with van der Waals surface area (Å²) in [6.07, 6.45) is 8.18. The normalized spacial score (nSPS) is 27.9. The Balaban J connectivity index is 1.61. The van der Waals surface area contributed by atoms with Gasteiger partial charge in [0, 0.05) is 41.4 Å². The molecule has 2 aromatic heterocycles. The number of ether oxygens (including phenoxy) is 2. The van der Waals surface area contributed by atoms with Crippen LogP contribution in [0.3, 0.4) is 0 Å². The third-order valence-corrected chi connectivity index (χ3v) is 7.54. The summed E-state index contributed by atoms with van der Waals surface area (Å²) in [5.41, 5.74) is 3.55. The molecular weight excluding hydrogens is 390 g/mol. The number of methoxy groups -OCH3 is 1. The van der Waals surface area contributed by atoms with Crippen LogP contribution in [0.2, 0.25) is 0 Å². The van der Waals surface area contributed by atoms with Crippen molar-refractivity contribution in [2.24, 2.45) is 5.92 Å². The van der Waals surface area contributed by atoms with Crippen molar-refractivity contribution in [2.75, 3.05) is 20.3 Å². The first-order valence-electron chi connectivity index (χ1n) is 11.3. The number of fused-ring (bicyclic) bond motifs is 4. The highest BCUT2D eigenvalue weighted by molar-refractivity contribution is 5.83. The van der Waals surface area contributed by atoms with Gasteiger partial charge in [0.1, 0.15) is 5.75 Å². The van der Waals surface area contributed by atoms with Gasteiger partial charge in [-0.05, 0) is 63.1 Å². The van der Waals surface area contributed by atoms with Crippen molar-refractivity contribution in [3.63, 3.8) is 0 Å². The first-order chi connectivity index (χ1) is 15.0. The number of hydrogen-bond donors (Lipinski definition) is 1. The van der Waals surface area contributed by atoms with Crippen molar-refractivity contribution in [1.82, 2.24) is 14.8 Å². The minimum Gasteiger partial charge on any atom is -0.493 e. The van der Waals surface area contributed by atoms with Gasteiger partial charge in [-0.15, -0.1) is 0 Å². The van der Waals surface area contributed by atoms with E-state index in [4.69, 9.17) is 9.47 Å². The third-order valence-electron chi connectivity index (χ3n) is 7.54. The van der Waals surface area contributed by atoms with Gasteiger partial charge < -0.3 is 14.6 Å². The molecule has 1 N–H and O–H groups in total. The molecule has 6 heteroatoms. The molecule has 0 amide bonds. The zero-order chi connectivity index (χ0) is 21.6. The second-order valence-corrected chi connectivity index (χ2v) is 9.32. The first-order valence-corrected chi connectivity index (χ1v) is 11.3. The number of aryl methyl sites for hydroxylation is 1. The Bertz CT molecular complexity index is 1110. The number of aromatic nitrogens is 3. The topological polar surface area (TPSA) is 69.4 Å². The molecule has 31 heavy (non-hydrogen) atoms. The quantitative estimate of drug-likeness (QED) is 0.679. The van der Waals surface area contributed by atoms with Crippen molar-refractivity contribution in [2.45, 2.75) is 57.0 Å². The van der Waals surface area contributed by atoms with Gasteiger partial charge in [0.2, 0.25) is 0 Å². The number of rotatable bonds is 4. The van der Waals surface area contributed by atoms with Crippen LogP contribution in [0.15, 0.2) is 36.7 Å². The summed E-state index contributed by atoms with van der Waals surface area (Å²) in [7, 11) is 1.67. The molecule has 2 aliphatic rings. The Morgan fingerprint density at radius 3 is 2.94 bits per heavy atom. The average molecular weight is 422 g/mol. The van der Waals surface area contributed by atoms with Gasteiger partial charge in [-0.3, -0.25) is 4.98 Å². The van der Waals surface area contributed by atoms with Crippen LogP contribution in [0.1, 0.15) is 50.3 Å². The van der Waals surface area contributed by atoms with Crippen LogP contribution in [0.4, 0.5) is 0 Å². The second kappa shape index (κ2) is 7.61. The van der Waals surface area contributed by atoms with Gasteiger partial charge in [0.15, 0.2) is 0 Å². The molecular formula is C25H31N3O3. The molecule has 1 aliphatic heterocycles. The maximum absolute atomic E-state index is 11.1. The molecule has 0 spiro atoms. The monoisotopic (exact) mass is 421 g/mol. The SMILES string of the molecule is CC[C@]12CC[C@@](O)(COC)C[C@H]1CCOc1cc3c(cnn3-c3ccnc(C)c3)cc12. The Morgan fingerprint density at radius 1 is 1.29 bits per heavy atom. The molecule has 6 nitrogen and oxygen atoms in total. The molecule has 3 atom stereocenters. The summed E-state index contributed by atoms with van der Waals surface area (Å²) in [6, 6.07) is 8.46. The van der Waals surface area contributed by atoms with E-state index in [0.29, 0.717) is 19.1 Å². The van der Waals surface area contributed by atoms with Crippen LogP contribution in [-0.2, 0) is 10.2 Å². The lowest BCUT2D eigenvalue weighted by atomic mass is 9.57. The van der Waals surface area contributed by atoms with E-state index in [9.17, 15) is 5.11 Å². The number of benzene rings is 1. The van der Waals surface area contributed by atoms with Gasteiger partial charge in [0.05, 0.1) is 36.2 Å². The minimum absolute atomic E-state index is 0.00928. The number of nitrogens with zero attached hydrogens (tertiary/aromatic N) is 3. The molecule has 0 saturated heterocycles. The predicted molar refractivity (Wildman–Crippen MR) is 120 cm³/mol. The first kappa shape index (κ1) is 20.5. The van der Waals surface area contributed by atoms with E-state index in [1.165, 1.54) is 5.56 Å². The Hall–Kier alpha value is -2.44. The van der Waals surface area contributed by atoms with Crippen molar-refractivity contribution in [3.8, 4) is 11.4 Å². The van der Waals surface area contributed by atoms with Gasteiger partial charge in [-0.25, -0.2) is 4.68 Å². The lowest BCUT2D eigenvalue weighted by molar-refractivity contribution is -0.0903. The molecule has 0 unspecified atom stereocenters.